The van der Waals surface area contributed by atoms with Crippen LogP contribution in [0.1, 0.15) is 18.4 Å². The molecule has 0 spiro atoms. The summed E-state index contributed by atoms with van der Waals surface area (Å²) in [5.74, 6) is -0.193. The summed E-state index contributed by atoms with van der Waals surface area (Å²) < 4.78 is 28.0. The van der Waals surface area contributed by atoms with Gasteiger partial charge in [-0.25, -0.2) is 13.1 Å². The van der Waals surface area contributed by atoms with Crippen molar-refractivity contribution in [1.82, 2.24) is 4.72 Å². The molecule has 0 unspecified atom stereocenters. The molecule has 0 bridgehead atoms. The molecular formula is C17H17BrN2O3S. The average molecular weight is 409 g/mol. The summed E-state index contributed by atoms with van der Waals surface area (Å²) in [6.07, 6.45) is 1.98. The largest absolute Gasteiger partial charge is 0.326 e. The van der Waals surface area contributed by atoms with Gasteiger partial charge in [0.1, 0.15) is 0 Å². The first kappa shape index (κ1) is 17.1. The van der Waals surface area contributed by atoms with Crippen LogP contribution in [-0.2, 0) is 21.2 Å². The topological polar surface area (TPSA) is 75.3 Å². The lowest BCUT2D eigenvalue weighted by atomic mass is 10.1. The number of carbonyl (C=O) groups excluding carboxylic acids is 1. The van der Waals surface area contributed by atoms with Crippen LogP contribution in [0.4, 0.5) is 5.69 Å². The zero-order valence-electron chi connectivity index (χ0n) is 12.8. The van der Waals surface area contributed by atoms with Gasteiger partial charge in [-0.2, -0.15) is 0 Å². The van der Waals surface area contributed by atoms with Crippen LogP contribution in [0.15, 0.2) is 57.9 Å². The van der Waals surface area contributed by atoms with Crippen molar-refractivity contribution in [1.29, 1.82) is 0 Å². The van der Waals surface area contributed by atoms with Gasteiger partial charge in [-0.3, -0.25) is 4.79 Å². The van der Waals surface area contributed by atoms with E-state index in [4.69, 9.17) is 0 Å². The Hall–Kier alpha value is -1.70. The fourth-order valence-electron chi connectivity index (χ4n) is 2.22. The third-order valence-corrected chi connectivity index (χ3v) is 5.65. The molecule has 1 aliphatic rings. The lowest BCUT2D eigenvalue weighted by molar-refractivity contribution is -0.115. The van der Waals surface area contributed by atoms with E-state index in [2.05, 4.69) is 26.0 Å². The maximum absolute atomic E-state index is 12.2. The summed E-state index contributed by atoms with van der Waals surface area (Å²) in [5, 5.41) is 2.74. The number of halogens is 1. The van der Waals surface area contributed by atoms with Crippen molar-refractivity contribution in [2.75, 3.05) is 5.32 Å². The van der Waals surface area contributed by atoms with Crippen molar-refractivity contribution >= 4 is 37.5 Å². The second-order valence-corrected chi connectivity index (χ2v) is 8.40. The third-order valence-electron chi connectivity index (χ3n) is 3.61. The van der Waals surface area contributed by atoms with Gasteiger partial charge in [0.15, 0.2) is 0 Å². The van der Waals surface area contributed by atoms with Crippen molar-refractivity contribution in [3.8, 4) is 0 Å². The molecule has 1 aliphatic carbocycles. The summed E-state index contributed by atoms with van der Waals surface area (Å²) in [7, 11) is -3.53. The molecule has 126 valence electrons. The number of rotatable bonds is 6. The minimum absolute atomic E-state index is 0.0469. The molecule has 1 fully saturated rings. The van der Waals surface area contributed by atoms with Gasteiger partial charge in [-0.1, -0.05) is 34.1 Å². The van der Waals surface area contributed by atoms with Gasteiger partial charge in [0.05, 0.1) is 11.3 Å². The minimum atomic E-state index is -3.53. The Morgan fingerprint density at radius 3 is 2.50 bits per heavy atom. The predicted molar refractivity (Wildman–Crippen MR) is 96.3 cm³/mol. The highest BCUT2D eigenvalue weighted by atomic mass is 79.9. The summed E-state index contributed by atoms with van der Waals surface area (Å²) in [6.45, 7) is 0. The van der Waals surface area contributed by atoms with Gasteiger partial charge >= 0.3 is 0 Å². The number of carbonyl (C=O) groups is 1. The molecule has 0 heterocycles. The molecular weight excluding hydrogens is 392 g/mol. The number of amides is 1. The first-order valence-electron chi connectivity index (χ1n) is 7.59. The van der Waals surface area contributed by atoms with Gasteiger partial charge < -0.3 is 5.32 Å². The van der Waals surface area contributed by atoms with Crippen LogP contribution in [0.25, 0.3) is 0 Å². The first-order valence-corrected chi connectivity index (χ1v) is 9.87. The van der Waals surface area contributed by atoms with E-state index in [-0.39, 0.29) is 23.3 Å². The number of sulfonamides is 1. The van der Waals surface area contributed by atoms with E-state index in [9.17, 15) is 13.2 Å². The Morgan fingerprint density at radius 1 is 1.12 bits per heavy atom. The molecule has 2 aromatic rings. The third kappa shape index (κ3) is 4.66. The molecule has 0 aromatic heterocycles. The molecule has 0 aliphatic heterocycles. The highest BCUT2D eigenvalue weighted by Crippen LogP contribution is 2.23. The molecule has 2 N–H and O–H groups in total. The average Bonchev–Trinajstić information content (AvgIpc) is 3.33. The Bertz CT molecular complexity index is 846. The number of anilines is 1. The van der Waals surface area contributed by atoms with E-state index in [1.54, 1.807) is 12.1 Å². The van der Waals surface area contributed by atoms with Crippen LogP contribution < -0.4 is 10.0 Å². The van der Waals surface area contributed by atoms with Crippen molar-refractivity contribution in [2.24, 2.45) is 0 Å². The quantitative estimate of drug-likeness (QED) is 0.770. The van der Waals surface area contributed by atoms with Crippen molar-refractivity contribution in [3.63, 3.8) is 0 Å². The molecule has 2 aromatic carbocycles. The van der Waals surface area contributed by atoms with Crippen LogP contribution in [0.2, 0.25) is 0 Å². The minimum Gasteiger partial charge on any atom is -0.326 e. The van der Waals surface area contributed by atoms with Crippen LogP contribution in [0.5, 0.6) is 0 Å². The zero-order valence-corrected chi connectivity index (χ0v) is 15.2. The lowest BCUT2D eigenvalue weighted by Crippen LogP contribution is -2.25. The highest BCUT2D eigenvalue weighted by Gasteiger charge is 2.28. The number of benzene rings is 2. The van der Waals surface area contributed by atoms with Crippen LogP contribution in [0.3, 0.4) is 0 Å². The maximum Gasteiger partial charge on any atom is 0.240 e. The highest BCUT2D eigenvalue weighted by molar-refractivity contribution is 9.10. The Kier molecular flexibility index (Phi) is 5.03. The van der Waals surface area contributed by atoms with Crippen LogP contribution in [-0.4, -0.2) is 20.4 Å². The van der Waals surface area contributed by atoms with Crippen molar-refractivity contribution < 1.29 is 13.2 Å². The van der Waals surface area contributed by atoms with E-state index in [1.165, 1.54) is 12.1 Å². The predicted octanol–water partition coefficient (Wildman–Crippen LogP) is 3.07. The molecule has 3 rings (SSSR count). The van der Waals surface area contributed by atoms with Gasteiger partial charge in [0, 0.05) is 16.2 Å². The molecule has 1 saturated carbocycles. The first-order chi connectivity index (χ1) is 11.4. The molecule has 7 heteroatoms. The summed E-state index contributed by atoms with van der Waals surface area (Å²) in [6, 6.07) is 13.8. The fourth-order valence-corrected chi connectivity index (χ4v) is 3.84. The zero-order chi connectivity index (χ0) is 17.2. The van der Waals surface area contributed by atoms with E-state index < -0.39 is 10.0 Å². The monoisotopic (exact) mass is 408 g/mol. The summed E-state index contributed by atoms with van der Waals surface area (Å²) in [5.41, 5.74) is 1.35. The van der Waals surface area contributed by atoms with Crippen LogP contribution >= 0.6 is 15.9 Å². The Balaban J connectivity index is 1.67. The lowest BCUT2D eigenvalue weighted by Gasteiger charge is -2.09. The molecule has 0 radical (unpaired) electrons. The number of hydrogen-bond acceptors (Lipinski definition) is 3. The molecule has 24 heavy (non-hydrogen) atoms. The van der Waals surface area contributed by atoms with E-state index >= 15 is 0 Å². The SMILES string of the molecule is O=C(Cc1ccc(Br)cc1)Nc1cccc(S(=O)(=O)NC2CC2)c1. The second kappa shape index (κ2) is 7.04. The van der Waals surface area contributed by atoms with Crippen molar-refractivity contribution in [3.05, 3.63) is 58.6 Å². The number of hydrogen-bond donors (Lipinski definition) is 2. The smallest absolute Gasteiger partial charge is 0.240 e. The number of nitrogens with one attached hydrogen (secondary N) is 2. The maximum atomic E-state index is 12.2. The fraction of sp³-hybridized carbons (Fsp3) is 0.235. The molecule has 1 amide bonds. The standard InChI is InChI=1S/C17H17BrN2O3S/c18-13-6-4-12(5-7-13)10-17(21)19-15-2-1-3-16(11-15)24(22,23)20-14-8-9-14/h1-7,11,14,20H,8-10H2,(H,19,21). The van der Waals surface area contributed by atoms with Gasteiger partial charge in [-0.15, -0.1) is 0 Å². The van der Waals surface area contributed by atoms with E-state index in [1.807, 2.05) is 24.3 Å². The second-order valence-electron chi connectivity index (χ2n) is 5.77. The summed E-state index contributed by atoms with van der Waals surface area (Å²) in [4.78, 5) is 12.3. The normalized spacial score (nSPS) is 14.4. The molecule has 5 nitrogen and oxygen atoms in total. The van der Waals surface area contributed by atoms with E-state index in [0.717, 1.165) is 22.9 Å². The Labute approximate surface area is 149 Å². The molecule has 0 atom stereocenters. The summed E-state index contributed by atoms with van der Waals surface area (Å²) >= 11 is 3.35. The van der Waals surface area contributed by atoms with Gasteiger partial charge in [0.2, 0.25) is 15.9 Å². The van der Waals surface area contributed by atoms with Gasteiger partial charge in [0.25, 0.3) is 0 Å². The van der Waals surface area contributed by atoms with E-state index in [0.29, 0.717) is 5.69 Å². The molecule has 0 saturated heterocycles. The van der Waals surface area contributed by atoms with Crippen LogP contribution in [0, 0.1) is 0 Å². The van der Waals surface area contributed by atoms with Crippen molar-refractivity contribution in [2.45, 2.75) is 30.2 Å². The Morgan fingerprint density at radius 2 is 1.83 bits per heavy atom. The van der Waals surface area contributed by atoms with Gasteiger partial charge in [-0.05, 0) is 48.7 Å².